The second-order valence-corrected chi connectivity index (χ2v) is 5.69. The molecule has 1 aromatic carbocycles. The first-order chi connectivity index (χ1) is 11.5. The molecule has 1 aromatic heterocycles. The van der Waals surface area contributed by atoms with Crippen LogP contribution >= 0.6 is 11.8 Å². The van der Waals surface area contributed by atoms with E-state index in [1.807, 2.05) is 0 Å². The molecule has 0 saturated heterocycles. The second kappa shape index (κ2) is 6.16. The summed E-state index contributed by atoms with van der Waals surface area (Å²) in [6.45, 7) is 0. The van der Waals surface area contributed by atoms with Gasteiger partial charge >= 0.3 is 0 Å². The maximum atomic E-state index is 12.1. The summed E-state index contributed by atoms with van der Waals surface area (Å²) < 4.78 is 0. The van der Waals surface area contributed by atoms with E-state index >= 15 is 0 Å². The summed E-state index contributed by atoms with van der Waals surface area (Å²) in [5.74, 6) is -2.56. The van der Waals surface area contributed by atoms with Crippen molar-refractivity contribution in [3.63, 3.8) is 0 Å². The highest BCUT2D eigenvalue weighted by Gasteiger charge is 2.36. The van der Waals surface area contributed by atoms with Crippen molar-refractivity contribution in [2.75, 3.05) is 5.75 Å². The lowest BCUT2D eigenvalue weighted by Crippen LogP contribution is -2.46. The fourth-order valence-corrected chi connectivity index (χ4v) is 2.74. The molecule has 10 heteroatoms. The van der Waals surface area contributed by atoms with Crippen molar-refractivity contribution < 1.29 is 19.5 Å². The Morgan fingerprint density at radius 3 is 2.42 bits per heavy atom. The zero-order valence-electron chi connectivity index (χ0n) is 12.0. The topological polar surface area (TPSA) is 132 Å². The third-order valence-electron chi connectivity index (χ3n) is 3.08. The Kier molecular flexibility index (Phi) is 4.04. The second-order valence-electron chi connectivity index (χ2n) is 4.72. The van der Waals surface area contributed by atoms with E-state index in [4.69, 9.17) is 0 Å². The summed E-state index contributed by atoms with van der Waals surface area (Å²) in [6, 6.07) is 7.13. The Labute approximate surface area is 138 Å². The van der Waals surface area contributed by atoms with E-state index in [0.29, 0.717) is 5.01 Å². The Bertz CT molecular complexity index is 875. The number of carbonyl (C=O) groups is 3. The zero-order chi connectivity index (χ0) is 17.3. The molecule has 0 atom stereocenters. The minimum atomic E-state index is -0.638. The van der Waals surface area contributed by atoms with Gasteiger partial charge in [0.25, 0.3) is 17.4 Å². The van der Waals surface area contributed by atoms with E-state index in [1.54, 1.807) is 12.1 Å². The number of imide groups is 1. The minimum Gasteiger partial charge on any atom is -0.493 e. The molecule has 0 radical (unpaired) electrons. The maximum absolute atomic E-state index is 12.1. The third-order valence-corrected chi connectivity index (χ3v) is 3.95. The van der Waals surface area contributed by atoms with Crippen LogP contribution in [-0.4, -0.2) is 43.6 Å². The average Bonchev–Trinajstić information content (AvgIpc) is 2.78. The number of aromatic amines is 1. The number of H-pyrrole nitrogens is 1. The van der Waals surface area contributed by atoms with Crippen molar-refractivity contribution in [2.45, 2.75) is 5.16 Å². The number of nitrogens with zero attached hydrogens (tertiary/aromatic N) is 2. The van der Waals surface area contributed by atoms with Crippen LogP contribution < -0.4 is 11.0 Å². The van der Waals surface area contributed by atoms with E-state index in [2.05, 4.69) is 15.4 Å². The van der Waals surface area contributed by atoms with Gasteiger partial charge in [-0.1, -0.05) is 23.9 Å². The van der Waals surface area contributed by atoms with Crippen LogP contribution in [0.4, 0.5) is 0 Å². The number of aromatic nitrogens is 2. The van der Waals surface area contributed by atoms with Gasteiger partial charge in [-0.15, -0.1) is 0 Å². The predicted octanol–water partition coefficient (Wildman–Crippen LogP) is -0.105. The molecule has 0 fully saturated rings. The molecule has 24 heavy (non-hydrogen) atoms. The number of hydrogen-bond donors (Lipinski definition) is 3. The number of thioether (sulfide) groups is 1. The Morgan fingerprint density at radius 1 is 1.21 bits per heavy atom. The smallest absolute Gasteiger partial charge is 0.280 e. The molecular formula is C14H10N4O5S. The number of carbonyl (C=O) groups excluding carboxylic acids is 3. The fourth-order valence-electron chi connectivity index (χ4n) is 2.07. The lowest BCUT2D eigenvalue weighted by molar-refractivity contribution is -0.121. The molecule has 0 aliphatic carbocycles. The largest absolute Gasteiger partial charge is 0.493 e. The van der Waals surface area contributed by atoms with Crippen molar-refractivity contribution in [1.29, 1.82) is 0 Å². The lowest BCUT2D eigenvalue weighted by Gasteiger charge is -2.14. The lowest BCUT2D eigenvalue weighted by atomic mass is 10.1. The van der Waals surface area contributed by atoms with Crippen LogP contribution in [0.15, 0.2) is 40.3 Å². The Hall–Kier alpha value is -3.14. The molecule has 3 rings (SSSR count). The molecular weight excluding hydrogens is 336 g/mol. The standard InChI is InChI=1S/C14H10N4O5S/c19-9-5-10(20)16-14(15-9)24-6-11(21)17-18-12(22)7-3-1-2-4-8(7)13(18)23/h1-5H,6H2,(H,17,21)(H2,15,16,19,20). The first kappa shape index (κ1) is 15.7. The number of nitrogens with one attached hydrogen (secondary N) is 2. The summed E-state index contributed by atoms with van der Waals surface area (Å²) in [6.07, 6.45) is 0. The molecule has 3 amide bonds. The predicted molar refractivity (Wildman–Crippen MR) is 82.3 cm³/mol. The van der Waals surface area contributed by atoms with Gasteiger partial charge < -0.3 is 10.1 Å². The molecule has 122 valence electrons. The fraction of sp³-hybridized carbons (Fsp3) is 0.0714. The Balaban J connectivity index is 1.65. The third kappa shape index (κ3) is 2.99. The van der Waals surface area contributed by atoms with Gasteiger partial charge in [0.1, 0.15) is 0 Å². The molecule has 0 spiro atoms. The van der Waals surface area contributed by atoms with Crippen LogP contribution in [0.1, 0.15) is 20.7 Å². The summed E-state index contributed by atoms with van der Waals surface area (Å²) in [5, 5.41) is 9.90. The van der Waals surface area contributed by atoms with Gasteiger partial charge in [-0.05, 0) is 12.1 Å². The number of hydrogen-bond acceptors (Lipinski definition) is 7. The molecule has 0 unspecified atom stereocenters. The maximum Gasteiger partial charge on any atom is 0.280 e. The van der Waals surface area contributed by atoms with Gasteiger partial charge in [0, 0.05) is 0 Å². The summed E-state index contributed by atoms with van der Waals surface area (Å²) >= 11 is 0.839. The van der Waals surface area contributed by atoms with Gasteiger partial charge in [-0.3, -0.25) is 24.6 Å². The van der Waals surface area contributed by atoms with Crippen LogP contribution in [0, 0.1) is 0 Å². The van der Waals surface area contributed by atoms with E-state index in [0.717, 1.165) is 17.8 Å². The van der Waals surface area contributed by atoms with Gasteiger partial charge in [0.05, 0.1) is 22.9 Å². The van der Waals surface area contributed by atoms with E-state index < -0.39 is 29.2 Å². The number of fused-ring (bicyclic) bond motifs is 1. The molecule has 3 N–H and O–H groups in total. The highest BCUT2D eigenvalue weighted by atomic mass is 32.2. The number of hydrazine groups is 1. The van der Waals surface area contributed by atoms with Crippen LogP contribution in [0.25, 0.3) is 0 Å². The van der Waals surface area contributed by atoms with Crippen LogP contribution in [0.5, 0.6) is 5.88 Å². The summed E-state index contributed by atoms with van der Waals surface area (Å²) in [7, 11) is 0. The highest BCUT2D eigenvalue weighted by Crippen LogP contribution is 2.21. The average molecular weight is 346 g/mol. The first-order valence-corrected chi connectivity index (χ1v) is 7.64. The van der Waals surface area contributed by atoms with Crippen molar-refractivity contribution in [3.8, 4) is 5.88 Å². The quantitative estimate of drug-likeness (QED) is 0.400. The van der Waals surface area contributed by atoms with Crippen molar-refractivity contribution >= 4 is 29.5 Å². The molecule has 1 aliphatic heterocycles. The molecule has 9 nitrogen and oxygen atoms in total. The number of aromatic hydroxyl groups is 1. The van der Waals surface area contributed by atoms with Crippen LogP contribution in [0.3, 0.4) is 0 Å². The van der Waals surface area contributed by atoms with Crippen molar-refractivity contribution in [2.24, 2.45) is 0 Å². The molecule has 2 aromatic rings. The van der Waals surface area contributed by atoms with Gasteiger partial charge in [0.15, 0.2) is 5.16 Å². The highest BCUT2D eigenvalue weighted by molar-refractivity contribution is 7.99. The first-order valence-electron chi connectivity index (χ1n) is 6.66. The van der Waals surface area contributed by atoms with Gasteiger partial charge in [-0.25, -0.2) is 0 Å². The van der Waals surface area contributed by atoms with Crippen molar-refractivity contribution in [1.82, 2.24) is 20.4 Å². The summed E-state index contributed by atoms with van der Waals surface area (Å²) in [5.41, 5.74) is 2.09. The number of rotatable bonds is 4. The number of benzene rings is 1. The van der Waals surface area contributed by atoms with Crippen LogP contribution in [0.2, 0.25) is 0 Å². The van der Waals surface area contributed by atoms with E-state index in [-0.39, 0.29) is 22.0 Å². The molecule has 0 saturated carbocycles. The monoisotopic (exact) mass is 346 g/mol. The number of amides is 3. The van der Waals surface area contributed by atoms with E-state index in [1.165, 1.54) is 12.1 Å². The normalized spacial score (nSPS) is 13.1. The molecule has 1 aliphatic rings. The molecule has 0 bridgehead atoms. The SMILES string of the molecule is O=C(CSc1nc(O)cc(=O)[nH]1)NN1C(=O)c2ccccc2C1=O. The van der Waals surface area contributed by atoms with Crippen LogP contribution in [-0.2, 0) is 4.79 Å². The van der Waals surface area contributed by atoms with Gasteiger partial charge in [0.2, 0.25) is 11.8 Å². The van der Waals surface area contributed by atoms with Crippen molar-refractivity contribution in [3.05, 3.63) is 51.8 Å². The van der Waals surface area contributed by atoms with Gasteiger partial charge in [-0.2, -0.15) is 9.99 Å². The summed E-state index contributed by atoms with van der Waals surface area (Å²) in [4.78, 5) is 53.3. The molecule has 2 heterocycles. The zero-order valence-corrected chi connectivity index (χ0v) is 12.8. The minimum absolute atomic E-state index is 0.0394. The van der Waals surface area contributed by atoms with E-state index in [9.17, 15) is 24.3 Å². The Morgan fingerprint density at radius 2 is 1.83 bits per heavy atom.